The molecule has 3 nitrogen and oxygen atoms in total. The highest BCUT2D eigenvalue weighted by atomic mass is 16.4. The summed E-state index contributed by atoms with van der Waals surface area (Å²) in [5, 5.41) is 19.0. The van der Waals surface area contributed by atoms with E-state index in [9.17, 15) is 9.90 Å². The van der Waals surface area contributed by atoms with Crippen molar-refractivity contribution in [3.05, 3.63) is 35.4 Å². The number of carbonyl (C=O) groups excluding carboxylic acids is 1. The molecule has 0 atom stereocenters. The Morgan fingerprint density at radius 2 is 2.09 bits per heavy atom. The Balaban J connectivity index is 3.12. The molecule has 0 aliphatic carbocycles. The van der Waals surface area contributed by atoms with Gasteiger partial charge in [-0.05, 0) is 5.56 Å². The smallest absolute Gasteiger partial charge is 0.0718 e. The first-order chi connectivity index (χ1) is 5.25. The van der Waals surface area contributed by atoms with Crippen molar-refractivity contribution < 1.29 is 15.0 Å². The van der Waals surface area contributed by atoms with Gasteiger partial charge >= 0.3 is 0 Å². The number of benzene rings is 1. The molecule has 0 fully saturated rings. The molecule has 0 amide bonds. The molecule has 1 aromatic rings. The van der Waals surface area contributed by atoms with Gasteiger partial charge in [0.1, 0.15) is 0 Å². The fourth-order valence-corrected chi connectivity index (χ4v) is 0.857. The Hall–Kier alpha value is -1.35. The number of carboxylic acid groups (broad SMARTS) is 1. The zero-order valence-electron chi connectivity index (χ0n) is 5.78. The molecule has 0 aliphatic rings. The summed E-state index contributed by atoms with van der Waals surface area (Å²) in [6.45, 7) is -0.274. The molecule has 1 N–H and O–H groups in total. The first kappa shape index (κ1) is 7.75. The van der Waals surface area contributed by atoms with Gasteiger partial charge in [0.05, 0.1) is 12.6 Å². The Kier molecular flexibility index (Phi) is 2.23. The number of rotatable bonds is 2. The van der Waals surface area contributed by atoms with Crippen LogP contribution in [0.3, 0.4) is 0 Å². The third-order valence-corrected chi connectivity index (χ3v) is 1.41. The summed E-state index contributed by atoms with van der Waals surface area (Å²) in [7, 11) is 0. The Labute approximate surface area is 63.9 Å². The Bertz CT molecular complexity index is 268. The number of aliphatic hydroxyl groups is 1. The highest BCUT2D eigenvalue weighted by molar-refractivity contribution is 5.87. The number of aromatic carboxylic acids is 1. The third-order valence-electron chi connectivity index (χ3n) is 1.41. The molecule has 11 heavy (non-hydrogen) atoms. The fourth-order valence-electron chi connectivity index (χ4n) is 0.857. The van der Waals surface area contributed by atoms with Crippen molar-refractivity contribution in [2.24, 2.45) is 0 Å². The van der Waals surface area contributed by atoms with Gasteiger partial charge in [0.25, 0.3) is 0 Å². The van der Waals surface area contributed by atoms with Gasteiger partial charge in [-0.3, -0.25) is 0 Å². The maximum atomic E-state index is 10.4. The number of aliphatic hydroxyl groups excluding tert-OH is 1. The molecule has 0 aromatic heterocycles. The van der Waals surface area contributed by atoms with Crippen molar-refractivity contribution in [2.75, 3.05) is 0 Å². The number of carboxylic acids is 1. The van der Waals surface area contributed by atoms with E-state index in [1.165, 1.54) is 6.07 Å². The zero-order chi connectivity index (χ0) is 8.27. The van der Waals surface area contributed by atoms with Gasteiger partial charge in [0, 0.05) is 5.56 Å². The molecule has 0 saturated carbocycles. The average molecular weight is 151 g/mol. The summed E-state index contributed by atoms with van der Waals surface area (Å²) in [6.07, 6.45) is 0. The second-order valence-electron chi connectivity index (χ2n) is 2.10. The van der Waals surface area contributed by atoms with Crippen LogP contribution in [0.5, 0.6) is 0 Å². The van der Waals surface area contributed by atoms with E-state index in [1.54, 1.807) is 18.2 Å². The van der Waals surface area contributed by atoms with Crippen molar-refractivity contribution in [3.63, 3.8) is 0 Å². The number of carbonyl (C=O) groups is 1. The van der Waals surface area contributed by atoms with Crippen LogP contribution in [0.1, 0.15) is 15.9 Å². The molecule has 1 aromatic carbocycles. The molecule has 0 saturated heterocycles. The molecular weight excluding hydrogens is 144 g/mol. The van der Waals surface area contributed by atoms with Gasteiger partial charge in [-0.2, -0.15) is 0 Å². The molecule has 1 rings (SSSR count). The molecule has 0 aliphatic heterocycles. The number of hydrogen-bond donors (Lipinski definition) is 1. The van der Waals surface area contributed by atoms with E-state index >= 15 is 0 Å². The standard InChI is InChI=1S/C8H8O3/c9-5-6-3-1-2-4-7(6)8(10)11/h1-4,9H,5H2,(H,10,11)/p-1. The first-order valence-electron chi connectivity index (χ1n) is 3.16. The van der Waals surface area contributed by atoms with Crippen LogP contribution in [0.2, 0.25) is 0 Å². The summed E-state index contributed by atoms with van der Waals surface area (Å²) >= 11 is 0. The van der Waals surface area contributed by atoms with E-state index < -0.39 is 5.97 Å². The minimum atomic E-state index is -1.25. The van der Waals surface area contributed by atoms with Crippen molar-refractivity contribution in [1.82, 2.24) is 0 Å². The van der Waals surface area contributed by atoms with Gasteiger partial charge < -0.3 is 15.0 Å². The molecular formula is C8H7O3-. The molecule has 0 heterocycles. The van der Waals surface area contributed by atoms with Crippen LogP contribution in [0.15, 0.2) is 24.3 Å². The first-order valence-corrected chi connectivity index (χ1v) is 3.16. The van der Waals surface area contributed by atoms with Crippen LogP contribution in [0, 0.1) is 0 Å². The van der Waals surface area contributed by atoms with Gasteiger partial charge in [-0.25, -0.2) is 0 Å². The summed E-state index contributed by atoms with van der Waals surface area (Å²) in [4.78, 5) is 10.4. The predicted octanol–water partition coefficient (Wildman–Crippen LogP) is -0.458. The van der Waals surface area contributed by atoms with Crippen LogP contribution in [-0.2, 0) is 6.61 Å². The number of hydrogen-bond acceptors (Lipinski definition) is 3. The minimum Gasteiger partial charge on any atom is -0.545 e. The topological polar surface area (TPSA) is 60.4 Å². The van der Waals surface area contributed by atoms with Crippen molar-refractivity contribution in [3.8, 4) is 0 Å². The van der Waals surface area contributed by atoms with Crippen molar-refractivity contribution >= 4 is 5.97 Å². The molecule has 3 heteroatoms. The van der Waals surface area contributed by atoms with E-state index in [4.69, 9.17) is 5.11 Å². The van der Waals surface area contributed by atoms with Crippen LogP contribution in [0.4, 0.5) is 0 Å². The van der Waals surface area contributed by atoms with Crippen LogP contribution >= 0.6 is 0 Å². The second kappa shape index (κ2) is 3.16. The predicted molar refractivity (Wildman–Crippen MR) is 36.7 cm³/mol. The van der Waals surface area contributed by atoms with Crippen LogP contribution in [-0.4, -0.2) is 11.1 Å². The van der Waals surface area contributed by atoms with E-state index in [1.807, 2.05) is 0 Å². The molecule has 0 bridgehead atoms. The average Bonchev–Trinajstić information content (AvgIpc) is 2.04. The Morgan fingerprint density at radius 1 is 1.45 bits per heavy atom. The molecule has 0 unspecified atom stereocenters. The van der Waals surface area contributed by atoms with Gasteiger partial charge in [0.15, 0.2) is 0 Å². The Morgan fingerprint density at radius 3 is 2.55 bits per heavy atom. The minimum absolute atomic E-state index is 0.0509. The van der Waals surface area contributed by atoms with Gasteiger partial charge in [0.2, 0.25) is 0 Å². The van der Waals surface area contributed by atoms with E-state index in [0.717, 1.165) is 0 Å². The quantitative estimate of drug-likeness (QED) is 0.622. The van der Waals surface area contributed by atoms with E-state index in [0.29, 0.717) is 5.56 Å². The summed E-state index contributed by atoms with van der Waals surface area (Å²) < 4.78 is 0. The second-order valence-corrected chi connectivity index (χ2v) is 2.10. The largest absolute Gasteiger partial charge is 0.545 e. The summed E-state index contributed by atoms with van der Waals surface area (Å²) in [5.41, 5.74) is 0.433. The lowest BCUT2D eigenvalue weighted by molar-refractivity contribution is -0.255. The van der Waals surface area contributed by atoms with E-state index in [-0.39, 0.29) is 12.2 Å². The summed E-state index contributed by atoms with van der Waals surface area (Å²) in [5.74, 6) is -1.25. The van der Waals surface area contributed by atoms with Crippen molar-refractivity contribution in [1.29, 1.82) is 0 Å². The zero-order valence-corrected chi connectivity index (χ0v) is 5.78. The van der Waals surface area contributed by atoms with Gasteiger partial charge in [-0.1, -0.05) is 24.3 Å². The normalized spacial score (nSPS) is 9.55. The van der Waals surface area contributed by atoms with Gasteiger partial charge in [-0.15, -0.1) is 0 Å². The maximum Gasteiger partial charge on any atom is 0.0718 e. The SMILES string of the molecule is O=C([O-])c1ccccc1CO. The molecule has 58 valence electrons. The van der Waals surface area contributed by atoms with Crippen LogP contribution < -0.4 is 5.11 Å². The van der Waals surface area contributed by atoms with Crippen LogP contribution in [0.25, 0.3) is 0 Å². The van der Waals surface area contributed by atoms with Crippen molar-refractivity contribution in [2.45, 2.75) is 6.61 Å². The molecule has 0 spiro atoms. The fraction of sp³-hybridized carbons (Fsp3) is 0.125. The lowest BCUT2D eigenvalue weighted by Gasteiger charge is -2.06. The highest BCUT2D eigenvalue weighted by Gasteiger charge is 1.98. The lowest BCUT2D eigenvalue weighted by atomic mass is 10.1. The molecule has 0 radical (unpaired) electrons. The third kappa shape index (κ3) is 1.56. The van der Waals surface area contributed by atoms with E-state index in [2.05, 4.69) is 0 Å². The summed E-state index contributed by atoms with van der Waals surface area (Å²) in [6, 6.07) is 6.20. The maximum absolute atomic E-state index is 10.4. The lowest BCUT2D eigenvalue weighted by Crippen LogP contribution is -2.23. The monoisotopic (exact) mass is 151 g/mol. The highest BCUT2D eigenvalue weighted by Crippen LogP contribution is 2.06.